The van der Waals surface area contributed by atoms with Gasteiger partial charge in [-0.3, -0.25) is 9.69 Å². The van der Waals surface area contributed by atoms with Crippen LogP contribution in [0.4, 0.5) is 13.2 Å². The van der Waals surface area contributed by atoms with Crippen molar-refractivity contribution < 1.29 is 37.3 Å². The number of hydrogen-bond acceptors (Lipinski definition) is 5. The van der Waals surface area contributed by atoms with Gasteiger partial charge in [-0.05, 0) is 54.6 Å². The Hall–Kier alpha value is -3.98. The minimum absolute atomic E-state index is 0.145. The van der Waals surface area contributed by atoms with Crippen LogP contribution >= 0.6 is 0 Å². The third-order valence-electron chi connectivity index (χ3n) is 6.06. The lowest BCUT2D eigenvalue weighted by Gasteiger charge is -2.23. The molecule has 3 aromatic carbocycles. The smallest absolute Gasteiger partial charge is 0.332 e. The second kappa shape index (κ2) is 12.0. The minimum atomic E-state index is -3.42. The van der Waals surface area contributed by atoms with Gasteiger partial charge >= 0.3 is 11.9 Å². The topological polar surface area (TPSA) is 68.2 Å². The van der Waals surface area contributed by atoms with Crippen molar-refractivity contribution in [1.29, 1.82) is 0 Å². The van der Waals surface area contributed by atoms with Gasteiger partial charge in [-0.2, -0.15) is 8.78 Å². The van der Waals surface area contributed by atoms with E-state index in [1.807, 2.05) is 30.3 Å². The van der Waals surface area contributed by atoms with E-state index < -0.39 is 35.9 Å². The maximum absolute atomic E-state index is 15.2. The van der Waals surface area contributed by atoms with Crippen molar-refractivity contribution in [2.45, 2.75) is 31.2 Å². The highest BCUT2D eigenvalue weighted by Gasteiger charge is 2.43. The van der Waals surface area contributed by atoms with Crippen molar-refractivity contribution in [1.82, 2.24) is 4.90 Å². The number of rotatable bonds is 12. The van der Waals surface area contributed by atoms with Crippen LogP contribution in [-0.2, 0) is 26.6 Å². The van der Waals surface area contributed by atoms with E-state index in [0.717, 1.165) is 11.8 Å². The number of alkyl halides is 2. The molecule has 1 N–H and O–H groups in total. The molecule has 0 radical (unpaired) electrons. The quantitative estimate of drug-likeness (QED) is 0.316. The summed E-state index contributed by atoms with van der Waals surface area (Å²) < 4.78 is 60.6. The largest absolute Gasteiger partial charge is 0.486 e. The molecule has 3 aromatic rings. The highest BCUT2D eigenvalue weighted by atomic mass is 19.3. The van der Waals surface area contributed by atoms with E-state index in [9.17, 15) is 9.18 Å². The molecule has 0 fully saturated rings. The predicted octanol–water partition coefficient (Wildman–Crippen LogP) is 5.90. The van der Waals surface area contributed by atoms with Crippen LogP contribution in [0.2, 0.25) is 0 Å². The number of carboxylic acid groups (broad SMARTS) is 1. The zero-order valence-electron chi connectivity index (χ0n) is 20.7. The number of hydrogen-bond donors (Lipinski definition) is 1. The molecule has 6 nitrogen and oxygen atoms in total. The number of likely N-dealkylation sites (N-methyl/N-ethyl adjacent to an activating group) is 1. The summed E-state index contributed by atoms with van der Waals surface area (Å²) in [5.74, 6) is -5.01. The van der Waals surface area contributed by atoms with Crippen molar-refractivity contribution in [3.05, 3.63) is 113 Å². The van der Waals surface area contributed by atoms with Crippen LogP contribution in [0.25, 0.3) is 0 Å². The number of benzene rings is 3. The standard InChI is InChI=1S/C29H28F3NO5/c1-33(18-27(34)35)16-15-25(21-7-11-23(30)12-8-21)37-24-13-9-22(10-14-24)29(31,32)26-19-36-28(38-26)17-20-5-3-2-4-6-20/h2-14,19,25,28H,15-18H2,1H3,(H,34,35). The Bertz CT molecular complexity index is 1230. The summed E-state index contributed by atoms with van der Waals surface area (Å²) in [6.45, 7) is 0.244. The normalized spacial score (nSPS) is 15.9. The van der Waals surface area contributed by atoms with Crippen LogP contribution in [0.1, 0.15) is 29.2 Å². The lowest BCUT2D eigenvalue weighted by molar-refractivity contribution is -0.138. The van der Waals surface area contributed by atoms with Gasteiger partial charge in [-0.1, -0.05) is 42.5 Å². The van der Waals surface area contributed by atoms with Crippen molar-refractivity contribution in [2.75, 3.05) is 20.1 Å². The Morgan fingerprint density at radius 2 is 1.74 bits per heavy atom. The molecule has 0 spiro atoms. The number of carbonyl (C=O) groups is 1. The molecular formula is C29H28F3NO5. The Balaban J connectivity index is 1.42. The summed E-state index contributed by atoms with van der Waals surface area (Å²) in [7, 11) is 1.67. The average Bonchev–Trinajstić information content (AvgIpc) is 3.37. The number of carboxylic acids is 1. The highest BCUT2D eigenvalue weighted by molar-refractivity contribution is 5.69. The molecule has 0 aromatic heterocycles. The van der Waals surface area contributed by atoms with Crippen LogP contribution in [0.3, 0.4) is 0 Å². The van der Waals surface area contributed by atoms with Crippen molar-refractivity contribution in [3.63, 3.8) is 0 Å². The molecule has 1 heterocycles. The molecule has 4 rings (SSSR count). The monoisotopic (exact) mass is 527 g/mol. The Kier molecular flexibility index (Phi) is 8.58. The fourth-order valence-electron chi connectivity index (χ4n) is 4.05. The van der Waals surface area contributed by atoms with Gasteiger partial charge in [0.15, 0.2) is 0 Å². The van der Waals surface area contributed by atoms with Crippen LogP contribution < -0.4 is 4.74 Å². The predicted molar refractivity (Wildman–Crippen MR) is 134 cm³/mol. The van der Waals surface area contributed by atoms with Crippen molar-refractivity contribution in [3.8, 4) is 5.75 Å². The van der Waals surface area contributed by atoms with E-state index in [1.54, 1.807) is 24.1 Å². The molecular weight excluding hydrogens is 499 g/mol. The van der Waals surface area contributed by atoms with E-state index in [4.69, 9.17) is 19.3 Å². The maximum Gasteiger partial charge on any atom is 0.332 e. The van der Waals surface area contributed by atoms with Crippen LogP contribution in [-0.4, -0.2) is 42.4 Å². The fraction of sp³-hybridized carbons (Fsp3) is 0.276. The molecule has 0 aliphatic carbocycles. The molecule has 2 atom stereocenters. The zero-order valence-corrected chi connectivity index (χ0v) is 20.7. The number of halogens is 3. The van der Waals surface area contributed by atoms with E-state index in [1.165, 1.54) is 36.4 Å². The Morgan fingerprint density at radius 1 is 1.05 bits per heavy atom. The summed E-state index contributed by atoms with van der Waals surface area (Å²) in [6.07, 6.45) is 0.295. The number of aliphatic carboxylic acids is 1. The molecule has 0 saturated carbocycles. The SMILES string of the molecule is CN(CCC(Oc1ccc(C(F)(F)C2=COC(Cc3ccccc3)O2)cc1)c1ccc(F)cc1)CC(=O)O. The highest BCUT2D eigenvalue weighted by Crippen LogP contribution is 2.40. The molecule has 38 heavy (non-hydrogen) atoms. The van der Waals surface area contributed by atoms with Gasteiger partial charge in [0.25, 0.3) is 0 Å². The zero-order chi connectivity index (χ0) is 27.1. The molecule has 9 heteroatoms. The first-order chi connectivity index (χ1) is 18.2. The first kappa shape index (κ1) is 27.1. The number of nitrogens with zero attached hydrogens (tertiary/aromatic N) is 1. The van der Waals surface area contributed by atoms with Gasteiger partial charge < -0.3 is 19.3 Å². The van der Waals surface area contributed by atoms with Gasteiger partial charge in [-0.25, -0.2) is 4.39 Å². The Labute approximate surface area is 218 Å². The second-order valence-corrected chi connectivity index (χ2v) is 9.03. The van der Waals surface area contributed by atoms with E-state index in [-0.39, 0.29) is 12.1 Å². The van der Waals surface area contributed by atoms with Gasteiger partial charge in [0.05, 0.1) is 6.54 Å². The summed E-state index contributed by atoms with van der Waals surface area (Å²) >= 11 is 0. The maximum atomic E-state index is 15.2. The van der Waals surface area contributed by atoms with Crippen LogP contribution in [0.5, 0.6) is 5.75 Å². The first-order valence-electron chi connectivity index (χ1n) is 12.1. The lowest BCUT2D eigenvalue weighted by Crippen LogP contribution is -2.28. The molecule has 0 amide bonds. The molecule has 200 valence electrons. The Morgan fingerprint density at radius 3 is 2.39 bits per heavy atom. The summed E-state index contributed by atoms with van der Waals surface area (Å²) in [6, 6.07) is 20.4. The van der Waals surface area contributed by atoms with E-state index in [0.29, 0.717) is 30.7 Å². The van der Waals surface area contributed by atoms with Gasteiger partial charge in [0.1, 0.15) is 23.9 Å². The van der Waals surface area contributed by atoms with E-state index in [2.05, 4.69) is 0 Å². The lowest BCUT2D eigenvalue weighted by atomic mass is 10.1. The number of allylic oxidation sites excluding steroid dienone is 1. The third kappa shape index (κ3) is 7.07. The number of ether oxygens (including phenoxy) is 3. The molecule has 1 aliphatic heterocycles. The molecule has 0 saturated heterocycles. The second-order valence-electron chi connectivity index (χ2n) is 9.03. The summed E-state index contributed by atoms with van der Waals surface area (Å²) in [5, 5.41) is 8.99. The first-order valence-corrected chi connectivity index (χ1v) is 12.1. The molecule has 1 aliphatic rings. The minimum Gasteiger partial charge on any atom is -0.486 e. The average molecular weight is 528 g/mol. The van der Waals surface area contributed by atoms with Gasteiger partial charge in [0, 0.05) is 24.9 Å². The van der Waals surface area contributed by atoms with Gasteiger partial charge in [-0.15, -0.1) is 0 Å². The van der Waals surface area contributed by atoms with Gasteiger partial charge in [0.2, 0.25) is 12.0 Å². The fourth-order valence-corrected chi connectivity index (χ4v) is 4.05. The van der Waals surface area contributed by atoms with Crippen LogP contribution in [0, 0.1) is 5.82 Å². The molecule has 2 unspecified atom stereocenters. The van der Waals surface area contributed by atoms with E-state index >= 15 is 8.78 Å². The van der Waals surface area contributed by atoms with Crippen LogP contribution in [0.15, 0.2) is 90.9 Å². The van der Waals surface area contributed by atoms with Crippen molar-refractivity contribution in [2.24, 2.45) is 0 Å². The summed E-state index contributed by atoms with van der Waals surface area (Å²) in [5.41, 5.74) is 1.29. The third-order valence-corrected chi connectivity index (χ3v) is 6.06. The summed E-state index contributed by atoms with van der Waals surface area (Å²) in [4.78, 5) is 12.6. The molecule has 0 bridgehead atoms. The van der Waals surface area contributed by atoms with Crippen molar-refractivity contribution >= 4 is 5.97 Å².